The molecule has 166 valence electrons. The molecule has 5 rings (SSSR count). The number of fused-ring (bicyclic) bond motifs is 3. The first-order chi connectivity index (χ1) is 15.5. The molecule has 2 aromatic carbocycles. The van der Waals surface area contributed by atoms with Crippen LogP contribution in [0.2, 0.25) is 0 Å². The SMILES string of the molecule is COc1nccc2ccc(C)c(-c3cc4c(cc3F)CN3CCN(C(=O)O)C[C@@H]3CO4)c12. The molecule has 1 fully saturated rings. The summed E-state index contributed by atoms with van der Waals surface area (Å²) in [4.78, 5) is 19.3. The summed E-state index contributed by atoms with van der Waals surface area (Å²) in [6, 6.07) is 9.04. The van der Waals surface area contributed by atoms with Gasteiger partial charge in [-0.1, -0.05) is 12.1 Å². The molecule has 0 radical (unpaired) electrons. The van der Waals surface area contributed by atoms with Crippen molar-refractivity contribution in [1.82, 2.24) is 14.8 Å². The van der Waals surface area contributed by atoms with Crippen molar-refractivity contribution in [1.29, 1.82) is 0 Å². The molecular formula is C24H24FN3O4. The zero-order valence-electron chi connectivity index (χ0n) is 18.0. The molecule has 1 atom stereocenters. The van der Waals surface area contributed by atoms with Crippen LogP contribution in [0.25, 0.3) is 21.9 Å². The first-order valence-corrected chi connectivity index (χ1v) is 10.6. The molecular weight excluding hydrogens is 413 g/mol. The number of halogens is 1. The average molecular weight is 437 g/mol. The Balaban J connectivity index is 1.58. The van der Waals surface area contributed by atoms with Crippen molar-refractivity contribution in [2.24, 2.45) is 0 Å². The lowest BCUT2D eigenvalue weighted by molar-refractivity contribution is 0.0503. The van der Waals surface area contributed by atoms with Gasteiger partial charge in [-0.25, -0.2) is 14.2 Å². The number of methoxy groups -OCH3 is 1. The number of aromatic nitrogens is 1. The molecule has 2 aliphatic heterocycles. The Morgan fingerprint density at radius 3 is 2.91 bits per heavy atom. The van der Waals surface area contributed by atoms with Crippen molar-refractivity contribution in [3.05, 3.63) is 53.5 Å². The van der Waals surface area contributed by atoms with Crippen molar-refractivity contribution in [3.8, 4) is 22.8 Å². The molecule has 32 heavy (non-hydrogen) atoms. The second-order valence-corrected chi connectivity index (χ2v) is 8.28. The number of nitrogens with zero attached hydrogens (tertiary/aromatic N) is 3. The highest BCUT2D eigenvalue weighted by Gasteiger charge is 2.33. The van der Waals surface area contributed by atoms with Crippen LogP contribution in [0.3, 0.4) is 0 Å². The Kier molecular flexibility index (Phi) is 5.09. The average Bonchev–Trinajstić information content (AvgIpc) is 2.96. The van der Waals surface area contributed by atoms with E-state index in [1.807, 2.05) is 25.1 Å². The largest absolute Gasteiger partial charge is 0.492 e. The summed E-state index contributed by atoms with van der Waals surface area (Å²) in [5.74, 6) is 0.732. The molecule has 2 aliphatic rings. The predicted molar refractivity (Wildman–Crippen MR) is 118 cm³/mol. The number of amides is 1. The lowest BCUT2D eigenvalue weighted by Gasteiger charge is -2.38. The topological polar surface area (TPSA) is 75.1 Å². The van der Waals surface area contributed by atoms with E-state index in [2.05, 4.69) is 9.88 Å². The van der Waals surface area contributed by atoms with Crippen LogP contribution >= 0.6 is 0 Å². The first kappa shape index (κ1) is 20.5. The van der Waals surface area contributed by atoms with Gasteiger partial charge in [0.2, 0.25) is 5.88 Å². The van der Waals surface area contributed by atoms with E-state index < -0.39 is 6.09 Å². The van der Waals surface area contributed by atoms with Gasteiger partial charge in [-0.3, -0.25) is 4.90 Å². The Labute approximate surface area is 185 Å². The van der Waals surface area contributed by atoms with Gasteiger partial charge in [-0.15, -0.1) is 0 Å². The second kappa shape index (κ2) is 7.94. The number of piperazine rings is 1. The summed E-state index contributed by atoms with van der Waals surface area (Å²) >= 11 is 0. The third kappa shape index (κ3) is 3.40. The van der Waals surface area contributed by atoms with E-state index in [4.69, 9.17) is 9.47 Å². The summed E-state index contributed by atoms with van der Waals surface area (Å²) in [5, 5.41) is 11.0. The van der Waals surface area contributed by atoms with E-state index in [0.717, 1.165) is 27.5 Å². The zero-order valence-corrected chi connectivity index (χ0v) is 18.0. The van der Waals surface area contributed by atoms with Crippen LogP contribution in [0.4, 0.5) is 9.18 Å². The number of rotatable bonds is 2. The van der Waals surface area contributed by atoms with E-state index in [-0.39, 0.29) is 11.9 Å². The van der Waals surface area contributed by atoms with Crippen LogP contribution in [0.15, 0.2) is 36.5 Å². The van der Waals surface area contributed by atoms with Crippen LogP contribution in [-0.2, 0) is 6.54 Å². The molecule has 8 heteroatoms. The molecule has 3 aromatic rings. The van der Waals surface area contributed by atoms with Gasteiger partial charge < -0.3 is 19.5 Å². The highest BCUT2D eigenvalue weighted by Crippen LogP contribution is 2.40. The summed E-state index contributed by atoms with van der Waals surface area (Å²) in [6.07, 6.45) is 0.752. The number of ether oxygens (including phenoxy) is 2. The minimum Gasteiger partial charge on any atom is -0.492 e. The van der Waals surface area contributed by atoms with Gasteiger partial charge in [-0.05, 0) is 36.1 Å². The molecule has 0 bridgehead atoms. The van der Waals surface area contributed by atoms with E-state index in [1.165, 1.54) is 11.0 Å². The number of carbonyl (C=O) groups is 1. The van der Waals surface area contributed by atoms with Crippen LogP contribution in [-0.4, -0.2) is 65.4 Å². The van der Waals surface area contributed by atoms with Crippen LogP contribution < -0.4 is 9.47 Å². The van der Waals surface area contributed by atoms with E-state index in [9.17, 15) is 9.90 Å². The minimum atomic E-state index is -0.922. The normalized spacial score (nSPS) is 18.5. The Hall–Kier alpha value is -3.39. The van der Waals surface area contributed by atoms with E-state index >= 15 is 4.39 Å². The standard InChI is InChI=1S/C24H24FN3O4/c1-14-3-4-15-5-6-26-23(31-2)22(15)21(14)18-10-20-16(9-19(18)25)11-27-7-8-28(24(29)30)12-17(27)13-32-20/h3-6,9-10,17H,7-8,11-13H2,1-2H3,(H,29,30)/t17-/m1/s1. The number of hydrogen-bond acceptors (Lipinski definition) is 5. The van der Waals surface area contributed by atoms with Crippen LogP contribution in [0.1, 0.15) is 11.1 Å². The maximum absolute atomic E-state index is 15.5. The smallest absolute Gasteiger partial charge is 0.407 e. The molecule has 0 unspecified atom stereocenters. The fourth-order valence-electron chi connectivity index (χ4n) is 4.73. The summed E-state index contributed by atoms with van der Waals surface area (Å²) in [5.41, 5.74) is 2.84. The van der Waals surface area contributed by atoms with Crippen molar-refractivity contribution < 1.29 is 23.8 Å². The fraction of sp³-hybridized carbons (Fsp3) is 0.333. The zero-order chi connectivity index (χ0) is 22.4. The lowest BCUT2D eigenvalue weighted by atomic mass is 9.93. The number of benzene rings is 2. The van der Waals surface area contributed by atoms with E-state index in [1.54, 1.807) is 19.4 Å². The number of carboxylic acid groups (broad SMARTS) is 1. The molecule has 0 saturated carbocycles. The van der Waals surface area contributed by atoms with Crippen molar-refractivity contribution in [3.63, 3.8) is 0 Å². The minimum absolute atomic E-state index is 0.0673. The van der Waals surface area contributed by atoms with Crippen molar-refractivity contribution >= 4 is 16.9 Å². The second-order valence-electron chi connectivity index (χ2n) is 8.28. The highest BCUT2D eigenvalue weighted by molar-refractivity contribution is 6.01. The molecule has 0 spiro atoms. The number of hydrogen-bond donors (Lipinski definition) is 1. The van der Waals surface area contributed by atoms with Gasteiger partial charge in [-0.2, -0.15) is 0 Å². The van der Waals surface area contributed by atoms with Crippen molar-refractivity contribution in [2.75, 3.05) is 33.4 Å². The fourth-order valence-corrected chi connectivity index (χ4v) is 4.73. The maximum Gasteiger partial charge on any atom is 0.407 e. The molecule has 3 heterocycles. The third-order valence-electron chi connectivity index (χ3n) is 6.40. The monoisotopic (exact) mass is 437 g/mol. The molecule has 1 N–H and O–H groups in total. The Morgan fingerprint density at radius 2 is 2.12 bits per heavy atom. The van der Waals surface area contributed by atoms with Gasteiger partial charge in [0.05, 0.1) is 18.5 Å². The maximum atomic E-state index is 15.5. The molecule has 1 amide bonds. The van der Waals surface area contributed by atoms with Gasteiger partial charge in [0.25, 0.3) is 0 Å². The molecule has 7 nitrogen and oxygen atoms in total. The number of pyridine rings is 1. The molecule has 1 saturated heterocycles. The van der Waals surface area contributed by atoms with Gasteiger partial charge in [0.1, 0.15) is 18.2 Å². The predicted octanol–water partition coefficient (Wildman–Crippen LogP) is 3.91. The van der Waals surface area contributed by atoms with Gasteiger partial charge >= 0.3 is 6.09 Å². The molecule has 0 aliphatic carbocycles. The summed E-state index contributed by atoms with van der Waals surface area (Å²) < 4.78 is 27.1. The molecule has 1 aromatic heterocycles. The third-order valence-corrected chi connectivity index (χ3v) is 6.40. The van der Waals surface area contributed by atoms with Crippen LogP contribution in [0, 0.1) is 12.7 Å². The Bertz CT molecular complexity index is 1220. The van der Waals surface area contributed by atoms with Crippen LogP contribution in [0.5, 0.6) is 11.6 Å². The number of aryl methyl sites for hydroxylation is 1. The van der Waals surface area contributed by atoms with Gasteiger partial charge in [0.15, 0.2) is 0 Å². The van der Waals surface area contributed by atoms with Crippen molar-refractivity contribution in [2.45, 2.75) is 19.5 Å². The Morgan fingerprint density at radius 1 is 1.28 bits per heavy atom. The lowest BCUT2D eigenvalue weighted by Crippen LogP contribution is -2.55. The summed E-state index contributed by atoms with van der Waals surface area (Å²) in [7, 11) is 1.56. The van der Waals surface area contributed by atoms with Gasteiger partial charge in [0, 0.05) is 49.1 Å². The quantitative estimate of drug-likeness (QED) is 0.655. The first-order valence-electron chi connectivity index (χ1n) is 10.6. The highest BCUT2D eigenvalue weighted by atomic mass is 19.1. The summed E-state index contributed by atoms with van der Waals surface area (Å²) in [6.45, 7) is 4.21. The van der Waals surface area contributed by atoms with E-state index in [0.29, 0.717) is 50.0 Å².